The molecule has 0 atom stereocenters. The maximum absolute atomic E-state index is 12.1. The standard InChI is InChI=1S/C8H6F3NO4/c9-8(10,11)4-1-5(16-3-4)7(15)12-2-6(13)14/h1,3H,2H2,(H,12,15)(H,13,14). The zero-order chi connectivity index (χ0) is 12.3. The third-order valence-electron chi connectivity index (χ3n) is 1.55. The number of carbonyl (C=O) groups excluding carboxylic acids is 1. The number of carboxylic acids is 1. The van der Waals surface area contributed by atoms with Crippen molar-refractivity contribution in [3.05, 3.63) is 23.7 Å². The predicted molar refractivity (Wildman–Crippen MR) is 43.7 cm³/mol. The van der Waals surface area contributed by atoms with Gasteiger partial charge in [-0.3, -0.25) is 9.59 Å². The van der Waals surface area contributed by atoms with Gasteiger partial charge in [-0.25, -0.2) is 0 Å². The van der Waals surface area contributed by atoms with Crippen LogP contribution in [0.25, 0.3) is 0 Å². The molecule has 0 aromatic carbocycles. The first-order valence-electron chi connectivity index (χ1n) is 3.96. The highest BCUT2D eigenvalue weighted by molar-refractivity contribution is 5.93. The van der Waals surface area contributed by atoms with Crippen molar-refractivity contribution in [1.29, 1.82) is 0 Å². The number of alkyl halides is 3. The number of nitrogens with one attached hydrogen (secondary N) is 1. The molecule has 1 aromatic rings. The van der Waals surface area contributed by atoms with Crippen LogP contribution in [-0.4, -0.2) is 23.5 Å². The van der Waals surface area contributed by atoms with Gasteiger partial charge in [0.2, 0.25) is 0 Å². The topological polar surface area (TPSA) is 79.5 Å². The molecule has 0 fully saturated rings. The lowest BCUT2D eigenvalue weighted by atomic mass is 10.3. The van der Waals surface area contributed by atoms with Gasteiger partial charge in [-0.2, -0.15) is 13.2 Å². The van der Waals surface area contributed by atoms with Crippen LogP contribution in [0.5, 0.6) is 0 Å². The largest absolute Gasteiger partial charge is 0.480 e. The molecule has 88 valence electrons. The van der Waals surface area contributed by atoms with E-state index in [4.69, 9.17) is 5.11 Å². The average molecular weight is 237 g/mol. The van der Waals surface area contributed by atoms with E-state index in [1.807, 2.05) is 5.32 Å². The van der Waals surface area contributed by atoms with E-state index in [2.05, 4.69) is 4.42 Å². The van der Waals surface area contributed by atoms with E-state index in [0.29, 0.717) is 12.3 Å². The van der Waals surface area contributed by atoms with Gasteiger partial charge in [-0.1, -0.05) is 0 Å². The quantitative estimate of drug-likeness (QED) is 0.825. The second kappa shape index (κ2) is 4.25. The lowest BCUT2D eigenvalue weighted by molar-refractivity contribution is -0.138. The second-order valence-electron chi connectivity index (χ2n) is 2.77. The molecule has 0 aliphatic carbocycles. The van der Waals surface area contributed by atoms with Crippen molar-refractivity contribution in [2.24, 2.45) is 0 Å². The maximum Gasteiger partial charge on any atom is 0.419 e. The minimum absolute atomic E-state index is 0.385. The lowest BCUT2D eigenvalue weighted by Crippen LogP contribution is -2.28. The van der Waals surface area contributed by atoms with Gasteiger partial charge in [0.15, 0.2) is 5.76 Å². The second-order valence-corrected chi connectivity index (χ2v) is 2.77. The zero-order valence-electron chi connectivity index (χ0n) is 7.67. The molecule has 0 saturated heterocycles. The summed E-state index contributed by atoms with van der Waals surface area (Å²) >= 11 is 0. The number of carboxylic acid groups (broad SMARTS) is 1. The minimum Gasteiger partial charge on any atom is -0.480 e. The lowest BCUT2D eigenvalue weighted by Gasteiger charge is -1.99. The van der Waals surface area contributed by atoms with Crippen molar-refractivity contribution < 1.29 is 32.3 Å². The fourth-order valence-corrected chi connectivity index (χ4v) is 0.847. The Morgan fingerprint density at radius 2 is 2.06 bits per heavy atom. The number of amides is 1. The Morgan fingerprint density at radius 3 is 2.50 bits per heavy atom. The summed E-state index contributed by atoms with van der Waals surface area (Å²) in [6.45, 7) is -0.694. The van der Waals surface area contributed by atoms with Crippen molar-refractivity contribution in [1.82, 2.24) is 5.32 Å². The number of furan rings is 1. The Hall–Kier alpha value is -1.99. The molecule has 0 aliphatic heterocycles. The van der Waals surface area contributed by atoms with Crippen molar-refractivity contribution in [2.45, 2.75) is 6.18 Å². The molecule has 0 radical (unpaired) electrons. The zero-order valence-corrected chi connectivity index (χ0v) is 7.67. The van der Waals surface area contributed by atoms with E-state index >= 15 is 0 Å². The summed E-state index contributed by atoms with van der Waals surface area (Å²) in [5.41, 5.74) is -1.10. The van der Waals surface area contributed by atoms with Crippen LogP contribution in [0, 0.1) is 0 Å². The van der Waals surface area contributed by atoms with Gasteiger partial charge in [0.25, 0.3) is 5.91 Å². The van der Waals surface area contributed by atoms with Gasteiger partial charge in [0, 0.05) is 6.07 Å². The monoisotopic (exact) mass is 237 g/mol. The molecular weight excluding hydrogens is 231 g/mol. The smallest absolute Gasteiger partial charge is 0.419 e. The maximum atomic E-state index is 12.1. The summed E-state index contributed by atoms with van der Waals surface area (Å²) in [7, 11) is 0. The van der Waals surface area contributed by atoms with Gasteiger partial charge in [-0.05, 0) is 0 Å². The van der Waals surface area contributed by atoms with Crippen LogP contribution in [0.2, 0.25) is 0 Å². The van der Waals surface area contributed by atoms with Crippen LogP contribution in [0.1, 0.15) is 16.1 Å². The van der Waals surface area contributed by atoms with Gasteiger partial charge in [0.05, 0.1) is 5.56 Å². The van der Waals surface area contributed by atoms with E-state index < -0.39 is 35.9 Å². The Kier molecular flexibility index (Phi) is 3.21. The highest BCUT2D eigenvalue weighted by atomic mass is 19.4. The number of carbonyl (C=O) groups is 2. The molecule has 1 amide bonds. The Bertz CT molecular complexity index is 410. The fraction of sp³-hybridized carbons (Fsp3) is 0.250. The average Bonchev–Trinajstić information content (AvgIpc) is 2.61. The fourth-order valence-electron chi connectivity index (χ4n) is 0.847. The van der Waals surface area contributed by atoms with Crippen LogP contribution in [0.4, 0.5) is 13.2 Å². The molecular formula is C8H6F3NO4. The first kappa shape index (κ1) is 12.1. The van der Waals surface area contributed by atoms with Crippen molar-refractivity contribution in [3.8, 4) is 0 Å². The third-order valence-corrected chi connectivity index (χ3v) is 1.55. The summed E-state index contributed by atoms with van der Waals surface area (Å²) < 4.78 is 40.6. The summed E-state index contributed by atoms with van der Waals surface area (Å²) in [6.07, 6.45) is -4.22. The van der Waals surface area contributed by atoms with E-state index in [0.717, 1.165) is 0 Å². The van der Waals surface area contributed by atoms with Crippen molar-refractivity contribution >= 4 is 11.9 Å². The third kappa shape index (κ3) is 3.01. The molecule has 2 N–H and O–H groups in total. The van der Waals surface area contributed by atoms with Gasteiger partial charge in [-0.15, -0.1) is 0 Å². The van der Waals surface area contributed by atoms with Crippen LogP contribution < -0.4 is 5.32 Å². The first-order valence-corrected chi connectivity index (χ1v) is 3.96. The Balaban J connectivity index is 2.71. The summed E-state index contributed by atoms with van der Waals surface area (Å²) in [5, 5.41) is 10.1. The molecule has 1 rings (SSSR count). The predicted octanol–water partition coefficient (Wildman–Crippen LogP) is 1.11. The van der Waals surface area contributed by atoms with Crippen LogP contribution in [-0.2, 0) is 11.0 Å². The molecule has 0 bridgehead atoms. The summed E-state index contributed by atoms with van der Waals surface area (Å²) in [5.74, 6) is -2.91. The van der Waals surface area contributed by atoms with E-state index in [1.54, 1.807) is 0 Å². The normalized spacial score (nSPS) is 11.2. The molecule has 1 heterocycles. The molecule has 5 nitrogen and oxygen atoms in total. The highest BCUT2D eigenvalue weighted by Gasteiger charge is 2.33. The number of hydrogen-bond donors (Lipinski definition) is 2. The number of halogens is 3. The Morgan fingerprint density at radius 1 is 1.44 bits per heavy atom. The molecule has 0 saturated carbocycles. The SMILES string of the molecule is O=C(O)CNC(=O)c1cc(C(F)(F)F)co1. The molecule has 16 heavy (non-hydrogen) atoms. The van der Waals surface area contributed by atoms with Gasteiger partial charge < -0.3 is 14.8 Å². The molecule has 0 spiro atoms. The van der Waals surface area contributed by atoms with E-state index in [1.165, 1.54) is 0 Å². The van der Waals surface area contributed by atoms with E-state index in [9.17, 15) is 22.8 Å². The highest BCUT2D eigenvalue weighted by Crippen LogP contribution is 2.30. The number of hydrogen-bond acceptors (Lipinski definition) is 3. The molecule has 1 aromatic heterocycles. The van der Waals surface area contributed by atoms with Crippen LogP contribution in [0.15, 0.2) is 16.7 Å². The number of aliphatic carboxylic acids is 1. The van der Waals surface area contributed by atoms with Crippen molar-refractivity contribution in [3.63, 3.8) is 0 Å². The number of rotatable bonds is 3. The molecule has 8 heteroatoms. The minimum atomic E-state index is -4.60. The van der Waals surface area contributed by atoms with E-state index in [-0.39, 0.29) is 0 Å². The van der Waals surface area contributed by atoms with Gasteiger partial charge >= 0.3 is 12.1 Å². The van der Waals surface area contributed by atoms with Crippen LogP contribution >= 0.6 is 0 Å². The molecule has 0 unspecified atom stereocenters. The van der Waals surface area contributed by atoms with Crippen LogP contribution in [0.3, 0.4) is 0 Å². The summed E-state index contributed by atoms with van der Waals surface area (Å²) in [6, 6.07) is 0.497. The summed E-state index contributed by atoms with van der Waals surface area (Å²) in [4.78, 5) is 21.1. The Labute approximate surface area is 86.8 Å². The molecule has 0 aliphatic rings. The van der Waals surface area contributed by atoms with Crippen molar-refractivity contribution in [2.75, 3.05) is 6.54 Å². The van der Waals surface area contributed by atoms with Gasteiger partial charge in [0.1, 0.15) is 12.8 Å². The first-order chi connectivity index (χ1) is 7.30.